The third-order valence-corrected chi connectivity index (χ3v) is 6.23. The summed E-state index contributed by atoms with van der Waals surface area (Å²) in [5, 5.41) is 0. The van der Waals surface area contributed by atoms with E-state index >= 15 is 0 Å². The van der Waals surface area contributed by atoms with Gasteiger partial charge in [0.1, 0.15) is 0 Å². The minimum absolute atomic E-state index is 0.808. The van der Waals surface area contributed by atoms with Gasteiger partial charge in [-0.05, 0) is 79.2 Å². The second-order valence-corrected chi connectivity index (χ2v) is 8.69. The quantitative estimate of drug-likeness (QED) is 0.347. The summed E-state index contributed by atoms with van der Waals surface area (Å²) in [6.07, 6.45) is 0. The van der Waals surface area contributed by atoms with Gasteiger partial charge in [0.2, 0.25) is 0 Å². The van der Waals surface area contributed by atoms with E-state index in [1.54, 1.807) is 23.5 Å². The zero-order valence-corrected chi connectivity index (χ0v) is 17.9. The molecule has 4 rings (SSSR count). The monoisotopic (exact) mass is 416 g/mol. The van der Waals surface area contributed by atoms with Crippen LogP contribution in [0, 0.1) is 6.92 Å². The maximum absolute atomic E-state index is 5.71. The van der Waals surface area contributed by atoms with Gasteiger partial charge in [-0.15, -0.1) is 0 Å². The molecule has 0 aliphatic carbocycles. The highest BCUT2D eigenvalue weighted by atomic mass is 32.2. The smallest absolute Gasteiger partial charge is 0.0317 e. The molecule has 0 aliphatic heterocycles. The molecule has 146 valence electrons. The Morgan fingerprint density at radius 3 is 1.55 bits per heavy atom. The van der Waals surface area contributed by atoms with Gasteiger partial charge >= 0.3 is 0 Å². The average molecular weight is 417 g/mol. The lowest BCUT2D eigenvalue weighted by Crippen LogP contribution is -1.86. The maximum atomic E-state index is 5.71. The van der Waals surface area contributed by atoms with Gasteiger partial charge in [0.25, 0.3) is 0 Å². The van der Waals surface area contributed by atoms with Crippen LogP contribution in [-0.4, -0.2) is 0 Å². The lowest BCUT2D eigenvalue weighted by Gasteiger charge is -2.05. The molecule has 0 aromatic heterocycles. The maximum Gasteiger partial charge on any atom is 0.0317 e. The van der Waals surface area contributed by atoms with Crippen molar-refractivity contribution in [2.24, 2.45) is 0 Å². The molecule has 4 aromatic rings. The van der Waals surface area contributed by atoms with Crippen molar-refractivity contribution in [2.45, 2.75) is 26.5 Å². The molecule has 0 saturated carbocycles. The number of hydrogen-bond acceptors (Lipinski definition) is 4. The van der Waals surface area contributed by atoms with E-state index in [0.717, 1.165) is 11.4 Å². The summed E-state index contributed by atoms with van der Waals surface area (Å²) in [6, 6.07) is 34.6. The predicted molar refractivity (Wildman–Crippen MR) is 128 cm³/mol. The zero-order valence-electron chi connectivity index (χ0n) is 16.3. The van der Waals surface area contributed by atoms with Gasteiger partial charge in [-0.3, -0.25) is 0 Å². The number of nitrogens with two attached hydrogens (primary N) is 2. The third kappa shape index (κ3) is 6.93. The lowest BCUT2D eigenvalue weighted by atomic mass is 10.2. The zero-order chi connectivity index (χ0) is 20.5. The molecule has 0 heterocycles. The Morgan fingerprint density at radius 1 is 0.517 bits per heavy atom. The molecule has 4 N–H and O–H groups in total. The molecule has 0 amide bonds. The summed E-state index contributed by atoms with van der Waals surface area (Å²) in [5.74, 6) is 0. The van der Waals surface area contributed by atoms with Gasteiger partial charge in [-0.1, -0.05) is 59.9 Å². The first-order valence-corrected chi connectivity index (χ1v) is 10.9. The van der Waals surface area contributed by atoms with E-state index in [-0.39, 0.29) is 0 Å². The van der Waals surface area contributed by atoms with E-state index in [1.165, 1.54) is 25.1 Å². The Labute approximate surface area is 181 Å². The van der Waals surface area contributed by atoms with Crippen molar-refractivity contribution < 1.29 is 0 Å². The Hall–Kier alpha value is -2.82. The van der Waals surface area contributed by atoms with Crippen LogP contribution in [0.2, 0.25) is 0 Å². The highest BCUT2D eigenvalue weighted by Gasteiger charge is 2.00. The minimum Gasteiger partial charge on any atom is -0.399 e. The van der Waals surface area contributed by atoms with Crippen LogP contribution < -0.4 is 11.5 Å². The van der Waals surface area contributed by atoms with E-state index in [4.69, 9.17) is 11.5 Å². The highest BCUT2D eigenvalue weighted by molar-refractivity contribution is 7.99. The molecule has 0 atom stereocenters. The molecule has 29 heavy (non-hydrogen) atoms. The van der Waals surface area contributed by atoms with Crippen molar-refractivity contribution in [1.82, 2.24) is 0 Å². The minimum atomic E-state index is 0.808. The first kappa shape index (κ1) is 20.9. The number of aryl methyl sites for hydroxylation is 1. The normalized spacial score (nSPS) is 10.1. The fraction of sp³-hybridized carbons (Fsp3) is 0.0400. The van der Waals surface area contributed by atoms with E-state index in [2.05, 4.69) is 49.4 Å². The SMILES string of the molecule is Cc1cc(N)ccc1Sc1ccccc1.Nc1ccc(Sc2ccccc2)cc1. The Morgan fingerprint density at radius 2 is 1.00 bits per heavy atom. The number of nitrogen functional groups attached to an aromatic ring is 2. The molecule has 0 radical (unpaired) electrons. The molecular formula is C25H24N2S2. The standard InChI is InChI=1S/C13H13NS.C12H11NS/c1-10-9-11(14)7-8-13(10)15-12-5-3-2-4-6-12;13-10-6-8-12(9-7-10)14-11-4-2-1-3-5-11/h2-9H,14H2,1H3;1-9H,13H2. The molecule has 0 aliphatic rings. The van der Waals surface area contributed by atoms with Gasteiger partial charge in [-0.2, -0.15) is 0 Å². The summed E-state index contributed by atoms with van der Waals surface area (Å²) >= 11 is 3.51. The van der Waals surface area contributed by atoms with Gasteiger partial charge < -0.3 is 11.5 Å². The molecule has 2 nitrogen and oxygen atoms in total. The molecule has 0 saturated heterocycles. The van der Waals surface area contributed by atoms with E-state index in [9.17, 15) is 0 Å². The van der Waals surface area contributed by atoms with Crippen LogP contribution >= 0.6 is 23.5 Å². The van der Waals surface area contributed by atoms with Crippen LogP contribution in [0.5, 0.6) is 0 Å². The second-order valence-electron chi connectivity index (χ2n) is 6.42. The van der Waals surface area contributed by atoms with E-state index in [0.29, 0.717) is 0 Å². The van der Waals surface area contributed by atoms with Crippen molar-refractivity contribution in [1.29, 1.82) is 0 Å². The first-order valence-electron chi connectivity index (χ1n) is 9.27. The predicted octanol–water partition coefficient (Wildman–Crippen LogP) is 7.15. The molecule has 4 aromatic carbocycles. The van der Waals surface area contributed by atoms with Crippen molar-refractivity contribution in [3.8, 4) is 0 Å². The van der Waals surface area contributed by atoms with Crippen molar-refractivity contribution in [3.05, 3.63) is 109 Å². The van der Waals surface area contributed by atoms with E-state index < -0.39 is 0 Å². The molecular weight excluding hydrogens is 392 g/mol. The van der Waals surface area contributed by atoms with Gasteiger partial charge in [0.05, 0.1) is 0 Å². The molecule has 0 bridgehead atoms. The summed E-state index contributed by atoms with van der Waals surface area (Å²) in [7, 11) is 0. The van der Waals surface area contributed by atoms with Crippen LogP contribution in [0.4, 0.5) is 11.4 Å². The Balaban J connectivity index is 0.000000166. The molecule has 4 heteroatoms. The van der Waals surface area contributed by atoms with Gasteiger partial charge in [-0.25, -0.2) is 0 Å². The molecule has 0 unspecified atom stereocenters. The third-order valence-electron chi connectivity index (χ3n) is 4.03. The summed E-state index contributed by atoms with van der Waals surface area (Å²) < 4.78 is 0. The second kappa shape index (κ2) is 10.6. The lowest BCUT2D eigenvalue weighted by molar-refractivity contribution is 1.29. The van der Waals surface area contributed by atoms with Crippen molar-refractivity contribution in [2.75, 3.05) is 11.5 Å². The fourth-order valence-electron chi connectivity index (χ4n) is 2.56. The summed E-state index contributed by atoms with van der Waals surface area (Å²) in [4.78, 5) is 4.98. The van der Waals surface area contributed by atoms with Gasteiger partial charge in [0, 0.05) is 31.0 Å². The Bertz CT molecular complexity index is 1020. The van der Waals surface area contributed by atoms with Gasteiger partial charge in [0.15, 0.2) is 0 Å². The van der Waals surface area contributed by atoms with Crippen LogP contribution in [-0.2, 0) is 0 Å². The highest BCUT2D eigenvalue weighted by Crippen LogP contribution is 2.30. The molecule has 0 fully saturated rings. The number of anilines is 2. The number of rotatable bonds is 4. The summed E-state index contributed by atoms with van der Waals surface area (Å²) in [5.41, 5.74) is 14.2. The van der Waals surface area contributed by atoms with Crippen LogP contribution in [0.15, 0.2) is 123 Å². The fourth-order valence-corrected chi connectivity index (χ4v) is 4.30. The molecule has 0 spiro atoms. The van der Waals surface area contributed by atoms with Crippen LogP contribution in [0.1, 0.15) is 5.56 Å². The summed E-state index contributed by atoms with van der Waals surface area (Å²) in [6.45, 7) is 2.08. The van der Waals surface area contributed by atoms with Crippen molar-refractivity contribution in [3.63, 3.8) is 0 Å². The van der Waals surface area contributed by atoms with Crippen molar-refractivity contribution >= 4 is 34.9 Å². The van der Waals surface area contributed by atoms with E-state index in [1.807, 2.05) is 60.7 Å². The number of benzene rings is 4. The largest absolute Gasteiger partial charge is 0.399 e. The topological polar surface area (TPSA) is 52.0 Å². The average Bonchev–Trinajstić information content (AvgIpc) is 2.74. The number of hydrogen-bond donors (Lipinski definition) is 2. The van der Waals surface area contributed by atoms with Crippen LogP contribution in [0.25, 0.3) is 0 Å². The first-order chi connectivity index (χ1) is 14.1. The van der Waals surface area contributed by atoms with Crippen LogP contribution in [0.3, 0.4) is 0 Å². The Kier molecular flexibility index (Phi) is 7.68.